The SMILES string of the molecule is N[C@@H]1C(=O)N2C(OC(=O)O)=C(CSc3cc(CO)nc4nc(C(=O)NO)nn34)CS[C@H]12. The number of aliphatic hydroxyl groups is 1. The van der Waals surface area contributed by atoms with Gasteiger partial charge in [0, 0.05) is 17.1 Å². The van der Waals surface area contributed by atoms with Gasteiger partial charge >= 0.3 is 12.1 Å². The Kier molecular flexibility index (Phi) is 5.71. The van der Waals surface area contributed by atoms with E-state index >= 15 is 0 Å². The van der Waals surface area contributed by atoms with Crippen molar-refractivity contribution in [2.24, 2.45) is 5.73 Å². The summed E-state index contributed by atoms with van der Waals surface area (Å²) in [6, 6.07) is 0.805. The predicted octanol–water partition coefficient (Wildman–Crippen LogP) is -1.02. The highest BCUT2D eigenvalue weighted by Gasteiger charge is 2.51. The quantitative estimate of drug-likeness (QED) is 0.0858. The predicted molar refractivity (Wildman–Crippen MR) is 104 cm³/mol. The van der Waals surface area contributed by atoms with Gasteiger partial charge in [0.15, 0.2) is 0 Å². The van der Waals surface area contributed by atoms with Crippen LogP contribution in [0.1, 0.15) is 16.3 Å². The lowest BCUT2D eigenvalue weighted by Crippen LogP contribution is -2.68. The molecule has 0 aliphatic carbocycles. The van der Waals surface area contributed by atoms with E-state index in [9.17, 15) is 19.5 Å². The summed E-state index contributed by atoms with van der Waals surface area (Å²) in [4.78, 5) is 44.1. The van der Waals surface area contributed by atoms with Crippen molar-refractivity contribution in [1.82, 2.24) is 30.0 Å². The van der Waals surface area contributed by atoms with E-state index in [0.717, 1.165) is 0 Å². The van der Waals surface area contributed by atoms with Crippen molar-refractivity contribution in [1.29, 1.82) is 0 Å². The highest BCUT2D eigenvalue weighted by atomic mass is 32.2. The molecular weight excluding hydrogens is 454 g/mol. The van der Waals surface area contributed by atoms with Crippen LogP contribution in [0.4, 0.5) is 4.79 Å². The van der Waals surface area contributed by atoms with Gasteiger partial charge in [-0.15, -0.1) is 28.6 Å². The van der Waals surface area contributed by atoms with Crippen molar-refractivity contribution < 1.29 is 34.5 Å². The Morgan fingerprint density at radius 1 is 1.42 bits per heavy atom. The molecule has 14 nitrogen and oxygen atoms in total. The van der Waals surface area contributed by atoms with E-state index in [-0.39, 0.29) is 34.3 Å². The van der Waals surface area contributed by atoms with Crippen LogP contribution in [0.5, 0.6) is 0 Å². The standard InChI is InChI=1S/C15H15N7O7S2/c16-8-11(25)21-12(29-15(26)27)5(4-31-13(8)21)3-30-7-1-6(2-23)17-14-18-9(10(24)20-28)19-22(7)14/h1,8,13,23,28H,2-4,16H2,(H,20,24)(H,26,27)/t8-,13-/m1/s1. The fourth-order valence-electron chi connectivity index (χ4n) is 2.99. The van der Waals surface area contributed by atoms with Crippen LogP contribution >= 0.6 is 23.5 Å². The number of β-lactam (4-membered cyclic amide) rings is 1. The molecule has 2 aromatic rings. The Morgan fingerprint density at radius 2 is 2.19 bits per heavy atom. The molecule has 6 N–H and O–H groups in total. The zero-order valence-electron chi connectivity index (χ0n) is 15.5. The van der Waals surface area contributed by atoms with E-state index in [4.69, 9.17) is 20.8 Å². The Hall–Kier alpha value is -2.92. The summed E-state index contributed by atoms with van der Waals surface area (Å²) in [5.41, 5.74) is 8.00. The molecule has 16 heteroatoms. The Bertz CT molecular complexity index is 1120. The normalized spacial score (nSPS) is 20.5. The summed E-state index contributed by atoms with van der Waals surface area (Å²) in [5.74, 6) is -1.17. The number of carbonyl (C=O) groups is 3. The third-order valence-corrected chi connectivity index (χ3v) is 6.85. The molecule has 0 spiro atoms. The van der Waals surface area contributed by atoms with Crippen molar-refractivity contribution in [2.45, 2.75) is 23.0 Å². The maximum absolute atomic E-state index is 12.1. The Labute approximate surface area is 181 Å². The number of nitrogens with two attached hydrogens (primary N) is 1. The average molecular weight is 469 g/mol. The van der Waals surface area contributed by atoms with E-state index in [2.05, 4.69) is 15.1 Å². The topological polar surface area (TPSA) is 205 Å². The average Bonchev–Trinajstić information content (AvgIpc) is 3.20. The molecule has 0 bridgehead atoms. The van der Waals surface area contributed by atoms with Crippen molar-refractivity contribution in [2.75, 3.05) is 11.5 Å². The highest BCUT2D eigenvalue weighted by Crippen LogP contribution is 2.41. The molecule has 2 aliphatic heterocycles. The lowest BCUT2D eigenvalue weighted by Gasteiger charge is -2.47. The first-order valence-corrected chi connectivity index (χ1v) is 10.6. The second kappa shape index (κ2) is 8.31. The number of hydrogen-bond acceptors (Lipinski definition) is 12. The van der Waals surface area contributed by atoms with Crippen LogP contribution in [0.15, 0.2) is 22.5 Å². The van der Waals surface area contributed by atoms with Gasteiger partial charge in [-0.1, -0.05) is 0 Å². The van der Waals surface area contributed by atoms with Crippen LogP contribution in [-0.2, 0) is 16.1 Å². The largest absolute Gasteiger partial charge is 0.512 e. The first-order chi connectivity index (χ1) is 14.8. The summed E-state index contributed by atoms with van der Waals surface area (Å²) in [7, 11) is 0. The van der Waals surface area contributed by atoms with E-state index in [1.54, 1.807) is 0 Å². The molecule has 1 fully saturated rings. The summed E-state index contributed by atoms with van der Waals surface area (Å²) in [6.45, 7) is -0.397. The minimum atomic E-state index is -1.55. The number of nitrogens with one attached hydrogen (secondary N) is 1. The van der Waals surface area contributed by atoms with Gasteiger partial charge in [-0.3, -0.25) is 19.7 Å². The van der Waals surface area contributed by atoms with Gasteiger partial charge in [0.05, 0.1) is 12.3 Å². The summed E-state index contributed by atoms with van der Waals surface area (Å²) in [5, 5.41) is 31.4. The molecule has 0 saturated carbocycles. The third-order valence-electron chi connectivity index (χ3n) is 4.41. The smallest absolute Gasteiger partial charge is 0.449 e. The minimum Gasteiger partial charge on any atom is -0.449 e. The van der Waals surface area contributed by atoms with Gasteiger partial charge in [-0.05, 0) is 6.07 Å². The number of fused-ring (bicyclic) bond motifs is 2. The second-order valence-corrected chi connectivity index (χ2v) is 8.43. The molecule has 0 aromatic carbocycles. The van der Waals surface area contributed by atoms with Crippen molar-refractivity contribution >= 4 is 47.3 Å². The maximum atomic E-state index is 12.1. The number of thioether (sulfide) groups is 2. The van der Waals surface area contributed by atoms with Crippen molar-refractivity contribution in [3.8, 4) is 0 Å². The molecule has 2 amide bonds. The number of carbonyl (C=O) groups excluding carboxylic acids is 2. The van der Waals surface area contributed by atoms with Crippen LogP contribution in [0.3, 0.4) is 0 Å². The zero-order valence-corrected chi connectivity index (χ0v) is 17.1. The van der Waals surface area contributed by atoms with Crippen LogP contribution in [0.25, 0.3) is 5.78 Å². The summed E-state index contributed by atoms with van der Waals surface area (Å²) < 4.78 is 6.12. The molecule has 0 radical (unpaired) electrons. The lowest BCUT2D eigenvalue weighted by molar-refractivity contribution is -0.144. The van der Waals surface area contributed by atoms with Gasteiger partial charge < -0.3 is 20.7 Å². The van der Waals surface area contributed by atoms with Gasteiger partial charge in [-0.25, -0.2) is 15.3 Å². The molecule has 4 heterocycles. The summed E-state index contributed by atoms with van der Waals surface area (Å²) in [6.07, 6.45) is -1.55. The number of aliphatic hydroxyl groups excluding tert-OH is 1. The fourth-order valence-corrected chi connectivity index (χ4v) is 5.40. The minimum absolute atomic E-state index is 0.0191. The molecule has 164 valence electrons. The highest BCUT2D eigenvalue weighted by molar-refractivity contribution is 8.01. The molecule has 4 rings (SSSR count). The summed E-state index contributed by atoms with van der Waals surface area (Å²) >= 11 is 2.57. The molecule has 2 aliphatic rings. The molecule has 2 aromatic heterocycles. The van der Waals surface area contributed by atoms with Gasteiger partial charge in [0.2, 0.25) is 17.6 Å². The Balaban J connectivity index is 1.66. The first-order valence-electron chi connectivity index (χ1n) is 8.62. The van der Waals surface area contributed by atoms with Crippen LogP contribution in [-0.4, -0.2) is 80.8 Å². The van der Waals surface area contributed by atoms with E-state index in [1.165, 1.54) is 44.5 Å². The van der Waals surface area contributed by atoms with Gasteiger partial charge in [-0.2, -0.15) is 9.50 Å². The zero-order chi connectivity index (χ0) is 22.3. The lowest BCUT2D eigenvalue weighted by atomic mass is 10.1. The Morgan fingerprint density at radius 3 is 2.87 bits per heavy atom. The molecule has 2 atom stereocenters. The van der Waals surface area contributed by atoms with E-state index < -0.39 is 30.6 Å². The maximum Gasteiger partial charge on any atom is 0.512 e. The van der Waals surface area contributed by atoms with Crippen LogP contribution in [0, 0.1) is 0 Å². The number of aromatic nitrogens is 4. The number of amides is 2. The number of rotatable bonds is 6. The fraction of sp³-hybridized carbons (Fsp3) is 0.333. The van der Waals surface area contributed by atoms with Crippen LogP contribution < -0.4 is 11.2 Å². The number of hydrogen-bond donors (Lipinski definition) is 5. The number of hydroxylamine groups is 1. The van der Waals surface area contributed by atoms with E-state index in [1.807, 2.05) is 0 Å². The van der Waals surface area contributed by atoms with E-state index in [0.29, 0.717) is 16.4 Å². The molecule has 31 heavy (non-hydrogen) atoms. The molecule has 0 unspecified atom stereocenters. The number of ether oxygens (including phenoxy) is 1. The van der Waals surface area contributed by atoms with Crippen LogP contribution in [0.2, 0.25) is 0 Å². The number of nitrogens with zero attached hydrogens (tertiary/aromatic N) is 5. The molecular formula is C15H15N7O7S2. The van der Waals surface area contributed by atoms with Gasteiger partial charge in [0.25, 0.3) is 5.78 Å². The third kappa shape index (κ3) is 3.79. The van der Waals surface area contributed by atoms with Gasteiger partial charge in [0.1, 0.15) is 16.4 Å². The first kappa shape index (κ1) is 21.3. The van der Waals surface area contributed by atoms with Crippen molar-refractivity contribution in [3.63, 3.8) is 0 Å². The second-order valence-electron chi connectivity index (χ2n) is 6.33. The number of carboxylic acid groups (broad SMARTS) is 1. The monoisotopic (exact) mass is 469 g/mol. The van der Waals surface area contributed by atoms with Crippen molar-refractivity contribution in [3.05, 3.63) is 29.0 Å². The molecule has 1 saturated heterocycles.